The molecule has 0 radical (unpaired) electrons. The van der Waals surface area contributed by atoms with Crippen LogP contribution in [0, 0.1) is 6.92 Å². The third-order valence-electron chi connectivity index (χ3n) is 3.79. The number of aromatic nitrogens is 3. The van der Waals surface area contributed by atoms with E-state index in [1.54, 1.807) is 4.68 Å². The number of nitrogens with one attached hydrogen (secondary N) is 1. The molecule has 0 spiro atoms. The summed E-state index contributed by atoms with van der Waals surface area (Å²) in [7, 11) is 0. The lowest BCUT2D eigenvalue weighted by molar-refractivity contribution is -0.121. The molecular weight excluding hydrogens is 302 g/mol. The van der Waals surface area contributed by atoms with Crippen molar-refractivity contribution in [2.24, 2.45) is 5.10 Å². The third-order valence-corrected chi connectivity index (χ3v) is 3.79. The first-order valence-corrected chi connectivity index (χ1v) is 7.82. The Morgan fingerprint density at radius 1 is 1.17 bits per heavy atom. The molecule has 0 atom stereocenters. The molecule has 24 heavy (non-hydrogen) atoms. The summed E-state index contributed by atoms with van der Waals surface area (Å²) in [6, 6.07) is 15.7. The fraction of sp³-hybridized carbons (Fsp3) is 0.222. The summed E-state index contributed by atoms with van der Waals surface area (Å²) in [5, 5.41) is 12.3. The van der Waals surface area contributed by atoms with Crippen LogP contribution >= 0.6 is 0 Å². The highest BCUT2D eigenvalue weighted by molar-refractivity contribution is 5.99. The Kier molecular flexibility index (Phi) is 4.65. The van der Waals surface area contributed by atoms with Gasteiger partial charge in [-0.15, -0.1) is 5.10 Å². The number of hydrazone groups is 1. The number of amides is 1. The molecule has 0 saturated heterocycles. The van der Waals surface area contributed by atoms with Crippen LogP contribution in [0.4, 0.5) is 0 Å². The van der Waals surface area contributed by atoms with Gasteiger partial charge < -0.3 is 0 Å². The second-order valence-electron chi connectivity index (χ2n) is 5.65. The molecule has 1 amide bonds. The van der Waals surface area contributed by atoms with Crippen molar-refractivity contribution in [3.63, 3.8) is 0 Å². The first-order chi connectivity index (χ1) is 11.6. The minimum Gasteiger partial charge on any atom is -0.273 e. The van der Waals surface area contributed by atoms with Crippen molar-refractivity contribution in [1.82, 2.24) is 20.4 Å². The summed E-state index contributed by atoms with van der Waals surface area (Å²) in [5.74, 6) is -0.152. The Balaban J connectivity index is 1.57. The first-order valence-electron chi connectivity index (χ1n) is 7.82. The average molecular weight is 321 g/mol. The van der Waals surface area contributed by atoms with Gasteiger partial charge in [0.15, 0.2) is 0 Å². The van der Waals surface area contributed by atoms with Crippen molar-refractivity contribution in [2.75, 3.05) is 0 Å². The van der Waals surface area contributed by atoms with E-state index in [0.29, 0.717) is 6.54 Å². The molecule has 0 fully saturated rings. The minimum atomic E-state index is -0.152. The average Bonchev–Trinajstić information content (AvgIpc) is 3.01. The van der Waals surface area contributed by atoms with Gasteiger partial charge in [-0.1, -0.05) is 47.2 Å². The molecule has 3 aromatic rings. The lowest BCUT2D eigenvalue weighted by Gasteiger charge is -2.04. The smallest absolute Gasteiger partial charge is 0.241 e. The van der Waals surface area contributed by atoms with E-state index in [-0.39, 0.29) is 12.3 Å². The molecule has 1 N–H and O–H groups in total. The maximum absolute atomic E-state index is 12.0. The van der Waals surface area contributed by atoms with E-state index in [9.17, 15) is 4.79 Å². The predicted octanol–water partition coefficient (Wildman–Crippen LogP) is 2.67. The van der Waals surface area contributed by atoms with Crippen LogP contribution in [0.3, 0.4) is 0 Å². The monoisotopic (exact) mass is 321 g/mol. The van der Waals surface area contributed by atoms with E-state index in [1.165, 1.54) is 5.56 Å². The van der Waals surface area contributed by atoms with Gasteiger partial charge in [-0.2, -0.15) is 5.10 Å². The van der Waals surface area contributed by atoms with E-state index in [2.05, 4.69) is 20.8 Å². The fourth-order valence-corrected chi connectivity index (χ4v) is 2.35. The van der Waals surface area contributed by atoms with Crippen LogP contribution in [0.15, 0.2) is 53.6 Å². The van der Waals surface area contributed by atoms with Crippen LogP contribution < -0.4 is 5.43 Å². The van der Waals surface area contributed by atoms with E-state index in [0.717, 1.165) is 22.3 Å². The molecule has 0 aliphatic carbocycles. The largest absolute Gasteiger partial charge is 0.273 e. The van der Waals surface area contributed by atoms with Gasteiger partial charge in [0.05, 0.1) is 17.8 Å². The number of hydrogen-bond acceptors (Lipinski definition) is 4. The van der Waals surface area contributed by atoms with Gasteiger partial charge in [-0.05, 0) is 31.5 Å². The van der Waals surface area contributed by atoms with E-state index in [1.807, 2.05) is 62.4 Å². The SMILES string of the molecule is C/C(=N\NC(=O)CCn1nnc2ccccc21)c1ccc(C)cc1. The van der Waals surface area contributed by atoms with E-state index >= 15 is 0 Å². The minimum absolute atomic E-state index is 0.152. The molecule has 6 nitrogen and oxygen atoms in total. The number of carbonyl (C=O) groups is 1. The molecule has 0 aliphatic rings. The number of rotatable bonds is 5. The molecule has 0 unspecified atom stereocenters. The molecule has 0 saturated carbocycles. The number of benzene rings is 2. The van der Waals surface area contributed by atoms with Gasteiger partial charge >= 0.3 is 0 Å². The number of fused-ring (bicyclic) bond motifs is 1. The van der Waals surface area contributed by atoms with Gasteiger partial charge in [0.1, 0.15) is 5.52 Å². The standard InChI is InChI=1S/C18H19N5O/c1-13-7-9-15(10-8-13)14(2)19-21-18(24)11-12-23-17-6-4-3-5-16(17)20-22-23/h3-10H,11-12H2,1-2H3,(H,21,24)/b19-14+. The Hall–Kier alpha value is -3.02. The number of carbonyl (C=O) groups excluding carboxylic acids is 1. The van der Waals surface area contributed by atoms with Gasteiger partial charge in [0.2, 0.25) is 5.91 Å². The van der Waals surface area contributed by atoms with Gasteiger partial charge in [0, 0.05) is 6.42 Å². The normalized spacial score (nSPS) is 11.7. The van der Waals surface area contributed by atoms with Crippen LogP contribution in [-0.4, -0.2) is 26.6 Å². The quantitative estimate of drug-likeness (QED) is 0.580. The van der Waals surface area contributed by atoms with Crippen LogP contribution in [0.25, 0.3) is 11.0 Å². The summed E-state index contributed by atoms with van der Waals surface area (Å²) >= 11 is 0. The van der Waals surface area contributed by atoms with Crippen molar-refractivity contribution < 1.29 is 4.79 Å². The molecular formula is C18H19N5O. The molecule has 1 heterocycles. The van der Waals surface area contributed by atoms with Crippen molar-refractivity contribution in [3.05, 3.63) is 59.7 Å². The number of para-hydroxylation sites is 1. The fourth-order valence-electron chi connectivity index (χ4n) is 2.35. The second-order valence-corrected chi connectivity index (χ2v) is 5.65. The van der Waals surface area contributed by atoms with Crippen molar-refractivity contribution in [1.29, 1.82) is 0 Å². The molecule has 1 aromatic heterocycles. The topological polar surface area (TPSA) is 72.2 Å². The van der Waals surface area contributed by atoms with Gasteiger partial charge in [-0.3, -0.25) is 4.79 Å². The van der Waals surface area contributed by atoms with Crippen LogP contribution in [-0.2, 0) is 11.3 Å². The zero-order valence-electron chi connectivity index (χ0n) is 13.7. The van der Waals surface area contributed by atoms with E-state index < -0.39 is 0 Å². The number of nitrogens with zero attached hydrogens (tertiary/aromatic N) is 4. The maximum atomic E-state index is 12.0. The maximum Gasteiger partial charge on any atom is 0.241 e. The molecule has 2 aromatic carbocycles. The highest BCUT2D eigenvalue weighted by atomic mass is 16.2. The van der Waals surface area contributed by atoms with Gasteiger partial charge in [-0.25, -0.2) is 10.1 Å². The lowest BCUT2D eigenvalue weighted by Crippen LogP contribution is -2.21. The molecule has 0 bridgehead atoms. The third kappa shape index (κ3) is 3.65. The van der Waals surface area contributed by atoms with Crippen LogP contribution in [0.1, 0.15) is 24.5 Å². The van der Waals surface area contributed by atoms with Crippen molar-refractivity contribution in [2.45, 2.75) is 26.8 Å². The van der Waals surface area contributed by atoms with Gasteiger partial charge in [0.25, 0.3) is 0 Å². The Morgan fingerprint density at radius 3 is 2.71 bits per heavy atom. The molecule has 122 valence electrons. The summed E-state index contributed by atoms with van der Waals surface area (Å²) in [5.41, 5.74) is 7.29. The van der Waals surface area contributed by atoms with Crippen LogP contribution in [0.5, 0.6) is 0 Å². The van der Waals surface area contributed by atoms with E-state index in [4.69, 9.17) is 0 Å². The highest BCUT2D eigenvalue weighted by Crippen LogP contribution is 2.10. The van der Waals surface area contributed by atoms with Crippen molar-refractivity contribution in [3.8, 4) is 0 Å². The highest BCUT2D eigenvalue weighted by Gasteiger charge is 2.06. The molecule has 0 aliphatic heterocycles. The lowest BCUT2D eigenvalue weighted by atomic mass is 10.1. The zero-order chi connectivity index (χ0) is 16.9. The Labute approximate surface area is 140 Å². The molecule has 6 heteroatoms. The summed E-state index contributed by atoms with van der Waals surface area (Å²) in [6.45, 7) is 4.37. The number of aryl methyl sites for hydroxylation is 2. The summed E-state index contributed by atoms with van der Waals surface area (Å²) in [4.78, 5) is 12.0. The Morgan fingerprint density at radius 2 is 1.92 bits per heavy atom. The Bertz CT molecular complexity index is 880. The first kappa shape index (κ1) is 15.9. The van der Waals surface area contributed by atoms with Crippen LogP contribution in [0.2, 0.25) is 0 Å². The van der Waals surface area contributed by atoms with Crippen molar-refractivity contribution >= 4 is 22.7 Å². The zero-order valence-corrected chi connectivity index (χ0v) is 13.7. The summed E-state index contributed by atoms with van der Waals surface area (Å²) < 4.78 is 1.73. The summed E-state index contributed by atoms with van der Waals surface area (Å²) in [6.07, 6.45) is 0.290. The predicted molar refractivity (Wildman–Crippen MR) is 93.7 cm³/mol. The second kappa shape index (κ2) is 7.04. The number of hydrogen-bond donors (Lipinski definition) is 1. The molecule has 3 rings (SSSR count).